The number of hydrogen-bond donors (Lipinski definition) is 1. The zero-order valence-corrected chi connectivity index (χ0v) is 16.5. The Morgan fingerprint density at radius 2 is 2.00 bits per heavy atom. The number of carbonyl (C=O) groups excluding carboxylic acids is 3. The average molecular weight is 419 g/mol. The fraction of sp³-hybridized carbons (Fsp3) is 0.333. The van der Waals surface area contributed by atoms with Crippen LogP contribution in [0.3, 0.4) is 0 Å². The molecule has 0 radical (unpaired) electrons. The van der Waals surface area contributed by atoms with Crippen LogP contribution in [0.1, 0.15) is 18.4 Å². The number of halogens is 1. The van der Waals surface area contributed by atoms with Gasteiger partial charge in [0.2, 0.25) is 17.7 Å². The number of thioether (sulfide) groups is 1. The van der Waals surface area contributed by atoms with Gasteiger partial charge in [-0.25, -0.2) is 14.2 Å². The molecule has 0 aliphatic carbocycles. The Labute approximate surface area is 169 Å². The Hall–Kier alpha value is -3.08. The summed E-state index contributed by atoms with van der Waals surface area (Å²) >= 11 is 1.06. The Balaban J connectivity index is 1.49. The minimum absolute atomic E-state index is 0.0584. The van der Waals surface area contributed by atoms with Gasteiger partial charge in [-0.05, 0) is 24.6 Å². The van der Waals surface area contributed by atoms with E-state index in [4.69, 9.17) is 4.42 Å². The highest BCUT2D eigenvalue weighted by Crippen LogP contribution is 2.21. The zero-order valence-electron chi connectivity index (χ0n) is 15.7. The molecule has 0 bridgehead atoms. The first-order chi connectivity index (χ1) is 13.8. The van der Waals surface area contributed by atoms with Crippen LogP contribution in [0.15, 0.2) is 38.9 Å². The van der Waals surface area contributed by atoms with Crippen molar-refractivity contribution in [2.45, 2.75) is 25.1 Å². The lowest BCUT2D eigenvalue weighted by Gasteiger charge is -2.24. The molecule has 9 nitrogen and oxygen atoms in total. The molecule has 4 amide bonds. The number of aromatic nitrogens is 2. The highest BCUT2D eigenvalue weighted by molar-refractivity contribution is 7.99. The van der Waals surface area contributed by atoms with Crippen LogP contribution in [-0.4, -0.2) is 51.5 Å². The smallest absolute Gasteiger partial charge is 0.349 e. The third-order valence-electron chi connectivity index (χ3n) is 4.25. The number of urea groups is 1. The molecule has 152 valence electrons. The summed E-state index contributed by atoms with van der Waals surface area (Å²) in [6.07, 6.45) is 0.121. The lowest BCUT2D eigenvalue weighted by Crippen LogP contribution is -2.44. The first-order valence-electron chi connectivity index (χ1n) is 8.66. The van der Waals surface area contributed by atoms with E-state index in [0.717, 1.165) is 22.2 Å². The zero-order chi connectivity index (χ0) is 21.0. The predicted molar refractivity (Wildman–Crippen MR) is 102 cm³/mol. The molecule has 1 atom stereocenters. The summed E-state index contributed by atoms with van der Waals surface area (Å²) in [5.74, 6) is -1.33. The van der Waals surface area contributed by atoms with E-state index in [2.05, 4.69) is 20.5 Å². The van der Waals surface area contributed by atoms with Crippen LogP contribution < -0.4 is 5.32 Å². The van der Waals surface area contributed by atoms with E-state index in [1.165, 1.54) is 19.2 Å². The number of nitrogens with zero attached hydrogens (tertiary/aromatic N) is 4. The van der Waals surface area contributed by atoms with Crippen LogP contribution in [-0.2, 0) is 22.6 Å². The van der Waals surface area contributed by atoms with Crippen molar-refractivity contribution in [3.05, 3.63) is 41.5 Å². The summed E-state index contributed by atoms with van der Waals surface area (Å²) in [4.78, 5) is 40.5. The third-order valence-corrected chi connectivity index (χ3v) is 5.07. The molecule has 1 N–H and O–H groups in total. The van der Waals surface area contributed by atoms with Gasteiger partial charge < -0.3 is 9.73 Å². The van der Waals surface area contributed by atoms with Gasteiger partial charge in [-0.15, -0.1) is 10.2 Å². The van der Waals surface area contributed by atoms with Crippen LogP contribution in [0.5, 0.6) is 0 Å². The minimum atomic E-state index is -0.644. The molecular weight excluding hydrogens is 401 g/mol. The van der Waals surface area contributed by atoms with Gasteiger partial charge in [-0.3, -0.25) is 14.5 Å². The van der Waals surface area contributed by atoms with Crippen LogP contribution >= 0.6 is 11.8 Å². The Morgan fingerprint density at radius 3 is 2.72 bits per heavy atom. The molecule has 3 rings (SSSR count). The fourth-order valence-electron chi connectivity index (χ4n) is 2.58. The van der Waals surface area contributed by atoms with E-state index in [1.807, 2.05) is 0 Å². The molecule has 2 heterocycles. The van der Waals surface area contributed by atoms with Gasteiger partial charge in [0.05, 0.1) is 11.7 Å². The molecule has 0 saturated carbocycles. The van der Waals surface area contributed by atoms with E-state index in [9.17, 15) is 18.8 Å². The number of carbonyl (C=O) groups is 3. The van der Waals surface area contributed by atoms with Crippen LogP contribution in [0.4, 0.5) is 9.18 Å². The molecule has 1 aromatic carbocycles. The molecular formula is C18H18FN5O4S. The average Bonchev–Trinajstić information content (AvgIpc) is 3.15. The number of benzene rings is 1. The number of imide groups is 1. The fourth-order valence-corrected chi connectivity index (χ4v) is 3.19. The van der Waals surface area contributed by atoms with Gasteiger partial charge in [0.25, 0.3) is 5.22 Å². The van der Waals surface area contributed by atoms with Gasteiger partial charge in [-0.1, -0.05) is 23.9 Å². The first-order valence-corrected chi connectivity index (χ1v) is 9.65. The standard InChI is InChI=1S/C18H18FN5O4S/c1-10-13(16(26)24(2)17(27)21-10)7-15-22-23-18(28-15)29-9-14(25)20-8-11-3-5-12(19)6-4-11/h3-6,13H,7-9H2,1-2H3,(H,20,25). The second-order valence-corrected chi connectivity index (χ2v) is 7.27. The van der Waals surface area contributed by atoms with Crippen molar-refractivity contribution in [1.82, 2.24) is 20.4 Å². The second-order valence-electron chi connectivity index (χ2n) is 6.34. The molecule has 29 heavy (non-hydrogen) atoms. The Morgan fingerprint density at radius 1 is 1.28 bits per heavy atom. The summed E-state index contributed by atoms with van der Waals surface area (Å²) in [7, 11) is 1.37. The highest BCUT2D eigenvalue weighted by atomic mass is 32.2. The predicted octanol–water partition coefficient (Wildman–Crippen LogP) is 1.83. The molecule has 1 aliphatic heterocycles. The summed E-state index contributed by atoms with van der Waals surface area (Å²) in [5.41, 5.74) is 1.17. The molecule has 1 aromatic heterocycles. The summed E-state index contributed by atoms with van der Waals surface area (Å²) in [6.45, 7) is 1.88. The highest BCUT2D eigenvalue weighted by Gasteiger charge is 2.34. The van der Waals surface area contributed by atoms with Gasteiger partial charge in [0, 0.05) is 25.7 Å². The van der Waals surface area contributed by atoms with Crippen molar-refractivity contribution in [2.24, 2.45) is 10.9 Å². The van der Waals surface area contributed by atoms with E-state index >= 15 is 0 Å². The summed E-state index contributed by atoms with van der Waals surface area (Å²) < 4.78 is 18.3. The maximum Gasteiger partial charge on any atom is 0.349 e. The maximum absolute atomic E-state index is 12.9. The Kier molecular flexibility index (Phi) is 6.37. The van der Waals surface area contributed by atoms with Crippen molar-refractivity contribution in [3.8, 4) is 0 Å². The van der Waals surface area contributed by atoms with E-state index < -0.39 is 11.9 Å². The van der Waals surface area contributed by atoms with E-state index in [1.54, 1.807) is 19.1 Å². The van der Waals surface area contributed by atoms with E-state index in [0.29, 0.717) is 5.71 Å². The van der Waals surface area contributed by atoms with Crippen molar-refractivity contribution >= 4 is 35.3 Å². The number of nitrogens with one attached hydrogen (secondary N) is 1. The molecule has 1 aliphatic rings. The molecule has 1 unspecified atom stereocenters. The molecule has 0 fully saturated rings. The van der Waals surface area contributed by atoms with Crippen molar-refractivity contribution in [2.75, 3.05) is 12.8 Å². The number of hydrogen-bond acceptors (Lipinski definition) is 7. The SMILES string of the molecule is CC1=NC(=O)N(C)C(=O)C1Cc1nnc(SCC(=O)NCc2ccc(F)cc2)o1. The maximum atomic E-state index is 12.9. The number of amides is 4. The first kappa shape index (κ1) is 20.6. The van der Waals surface area contributed by atoms with Crippen molar-refractivity contribution < 1.29 is 23.2 Å². The number of aliphatic imine (C=N–C) groups is 1. The second kappa shape index (κ2) is 8.95. The van der Waals surface area contributed by atoms with E-state index in [-0.39, 0.29) is 47.5 Å². The Bertz CT molecular complexity index is 959. The monoisotopic (exact) mass is 419 g/mol. The summed E-state index contributed by atoms with van der Waals surface area (Å²) in [5, 5.41) is 10.7. The summed E-state index contributed by atoms with van der Waals surface area (Å²) in [6, 6.07) is 5.24. The van der Waals surface area contributed by atoms with Crippen molar-refractivity contribution in [1.29, 1.82) is 0 Å². The normalized spacial score (nSPS) is 16.7. The van der Waals surface area contributed by atoms with Crippen LogP contribution in [0.25, 0.3) is 0 Å². The lowest BCUT2D eigenvalue weighted by molar-refractivity contribution is -0.129. The largest absolute Gasteiger partial charge is 0.416 e. The van der Waals surface area contributed by atoms with Gasteiger partial charge >= 0.3 is 6.03 Å². The van der Waals surface area contributed by atoms with Crippen LogP contribution in [0.2, 0.25) is 0 Å². The topological polar surface area (TPSA) is 118 Å². The third kappa shape index (κ3) is 5.25. The molecule has 11 heteroatoms. The van der Waals surface area contributed by atoms with Crippen molar-refractivity contribution in [3.63, 3.8) is 0 Å². The quantitative estimate of drug-likeness (QED) is 0.680. The molecule has 0 saturated heterocycles. The number of rotatable bonds is 7. The van der Waals surface area contributed by atoms with Gasteiger partial charge in [-0.2, -0.15) is 0 Å². The minimum Gasteiger partial charge on any atom is -0.416 e. The van der Waals surface area contributed by atoms with Gasteiger partial charge in [0.15, 0.2) is 0 Å². The van der Waals surface area contributed by atoms with Crippen LogP contribution in [0, 0.1) is 11.7 Å². The lowest BCUT2D eigenvalue weighted by atomic mass is 9.97. The molecule has 0 spiro atoms. The van der Waals surface area contributed by atoms with Gasteiger partial charge in [0.1, 0.15) is 5.82 Å². The molecule has 2 aromatic rings.